The number of hydrogen-bond donors (Lipinski definition) is 2. The molecule has 0 atom stereocenters. The number of carbonyl (C=O) groups excluding carboxylic acids is 1. The Labute approximate surface area is 128 Å². The highest BCUT2D eigenvalue weighted by Gasteiger charge is 2.45. The smallest absolute Gasteiger partial charge is 0.329 e. The first-order valence-corrected chi connectivity index (χ1v) is 7.33. The van der Waals surface area contributed by atoms with E-state index in [0.717, 1.165) is 6.42 Å². The SMILES string of the molecule is O=C(CCCOc1ccccc1Cl)NC1(C(=O)O)CCC1. The molecule has 0 bridgehead atoms. The second-order valence-corrected chi connectivity index (χ2v) is 5.58. The van der Waals surface area contributed by atoms with Crippen molar-refractivity contribution in [2.24, 2.45) is 0 Å². The molecular formula is C15H18ClNO4. The van der Waals surface area contributed by atoms with Crippen molar-refractivity contribution in [3.63, 3.8) is 0 Å². The molecule has 114 valence electrons. The first kappa shape index (κ1) is 15.6. The summed E-state index contributed by atoms with van der Waals surface area (Å²) in [5.41, 5.74) is -1.04. The van der Waals surface area contributed by atoms with Crippen LogP contribution in [0.4, 0.5) is 0 Å². The highest BCUT2D eigenvalue weighted by atomic mass is 35.5. The van der Waals surface area contributed by atoms with Crippen molar-refractivity contribution in [3.05, 3.63) is 29.3 Å². The monoisotopic (exact) mass is 311 g/mol. The molecule has 0 unspecified atom stereocenters. The minimum absolute atomic E-state index is 0.236. The van der Waals surface area contributed by atoms with Gasteiger partial charge in [0.15, 0.2) is 0 Å². The van der Waals surface area contributed by atoms with Crippen LogP contribution in [0, 0.1) is 0 Å². The van der Waals surface area contributed by atoms with E-state index in [1.165, 1.54) is 0 Å². The zero-order valence-corrected chi connectivity index (χ0v) is 12.4. The topological polar surface area (TPSA) is 75.6 Å². The third-order valence-corrected chi connectivity index (χ3v) is 3.95. The summed E-state index contributed by atoms with van der Waals surface area (Å²) in [7, 11) is 0. The standard InChI is InChI=1S/C15H18ClNO4/c16-11-5-1-2-6-12(11)21-10-3-7-13(18)17-15(14(19)20)8-4-9-15/h1-2,5-6H,3-4,7-10H2,(H,17,18)(H,19,20). The highest BCUT2D eigenvalue weighted by Crippen LogP contribution is 2.32. The van der Waals surface area contributed by atoms with Crippen LogP contribution in [0.1, 0.15) is 32.1 Å². The first-order valence-electron chi connectivity index (χ1n) is 6.95. The van der Waals surface area contributed by atoms with Crippen LogP contribution in [0.15, 0.2) is 24.3 Å². The van der Waals surface area contributed by atoms with Crippen LogP contribution >= 0.6 is 11.6 Å². The summed E-state index contributed by atoms with van der Waals surface area (Å²) in [5, 5.41) is 12.3. The normalized spacial score (nSPS) is 15.9. The van der Waals surface area contributed by atoms with Gasteiger partial charge in [0, 0.05) is 6.42 Å². The predicted molar refractivity (Wildman–Crippen MR) is 78.5 cm³/mol. The molecular weight excluding hydrogens is 294 g/mol. The van der Waals surface area contributed by atoms with Gasteiger partial charge in [-0.15, -0.1) is 0 Å². The highest BCUT2D eigenvalue weighted by molar-refractivity contribution is 6.32. The quantitative estimate of drug-likeness (QED) is 0.759. The van der Waals surface area contributed by atoms with E-state index in [9.17, 15) is 9.59 Å². The fourth-order valence-electron chi connectivity index (χ4n) is 2.23. The Morgan fingerprint density at radius 3 is 2.62 bits per heavy atom. The van der Waals surface area contributed by atoms with Crippen LogP contribution in [-0.4, -0.2) is 29.1 Å². The molecule has 2 rings (SSSR count). The van der Waals surface area contributed by atoms with Crippen molar-refractivity contribution in [2.45, 2.75) is 37.6 Å². The molecule has 21 heavy (non-hydrogen) atoms. The van der Waals surface area contributed by atoms with E-state index in [0.29, 0.717) is 36.6 Å². The lowest BCUT2D eigenvalue weighted by molar-refractivity contribution is -0.151. The summed E-state index contributed by atoms with van der Waals surface area (Å²) < 4.78 is 5.48. The van der Waals surface area contributed by atoms with E-state index in [1.807, 2.05) is 12.1 Å². The molecule has 0 saturated heterocycles. The van der Waals surface area contributed by atoms with Crippen LogP contribution in [-0.2, 0) is 9.59 Å². The number of halogens is 1. The van der Waals surface area contributed by atoms with Crippen molar-refractivity contribution in [3.8, 4) is 5.75 Å². The minimum Gasteiger partial charge on any atom is -0.492 e. The molecule has 1 aromatic rings. The van der Waals surface area contributed by atoms with Gasteiger partial charge in [0.1, 0.15) is 11.3 Å². The first-order chi connectivity index (χ1) is 10.0. The Morgan fingerprint density at radius 2 is 2.05 bits per heavy atom. The Morgan fingerprint density at radius 1 is 1.33 bits per heavy atom. The largest absolute Gasteiger partial charge is 0.492 e. The van der Waals surface area contributed by atoms with Crippen LogP contribution < -0.4 is 10.1 Å². The maximum Gasteiger partial charge on any atom is 0.329 e. The summed E-state index contributed by atoms with van der Waals surface area (Å²) in [6, 6.07) is 7.13. The number of rotatable bonds is 7. The number of ether oxygens (including phenoxy) is 1. The van der Waals surface area contributed by atoms with Gasteiger partial charge in [-0.2, -0.15) is 0 Å². The Kier molecular flexibility index (Phi) is 5.07. The van der Waals surface area contributed by atoms with Crippen molar-refractivity contribution in [2.75, 3.05) is 6.61 Å². The summed E-state index contributed by atoms with van der Waals surface area (Å²) in [6.45, 7) is 0.358. The van der Waals surface area contributed by atoms with Crippen molar-refractivity contribution in [1.82, 2.24) is 5.32 Å². The summed E-state index contributed by atoms with van der Waals surface area (Å²) in [6.07, 6.45) is 2.59. The number of aliphatic carboxylic acids is 1. The average molecular weight is 312 g/mol. The van der Waals surface area contributed by atoms with Crippen LogP contribution in [0.25, 0.3) is 0 Å². The molecule has 1 saturated carbocycles. The number of benzene rings is 1. The van der Waals surface area contributed by atoms with Gasteiger partial charge in [-0.3, -0.25) is 4.79 Å². The van der Waals surface area contributed by atoms with E-state index in [-0.39, 0.29) is 12.3 Å². The Hall–Kier alpha value is -1.75. The van der Waals surface area contributed by atoms with E-state index in [4.69, 9.17) is 21.4 Å². The van der Waals surface area contributed by atoms with Gasteiger partial charge in [-0.05, 0) is 37.8 Å². The molecule has 2 N–H and O–H groups in total. The Balaban J connectivity index is 1.70. The number of carboxylic acid groups (broad SMARTS) is 1. The van der Waals surface area contributed by atoms with E-state index in [1.54, 1.807) is 12.1 Å². The van der Waals surface area contributed by atoms with Crippen molar-refractivity contribution >= 4 is 23.5 Å². The lowest BCUT2D eigenvalue weighted by atomic mass is 9.76. The number of carbonyl (C=O) groups is 2. The predicted octanol–water partition coefficient (Wildman–Crippen LogP) is 2.62. The molecule has 0 radical (unpaired) electrons. The van der Waals surface area contributed by atoms with E-state index in [2.05, 4.69) is 5.32 Å². The average Bonchev–Trinajstić information content (AvgIpc) is 2.40. The van der Waals surface area contributed by atoms with Gasteiger partial charge in [-0.25, -0.2) is 4.79 Å². The third-order valence-electron chi connectivity index (χ3n) is 3.64. The molecule has 0 heterocycles. The second-order valence-electron chi connectivity index (χ2n) is 5.17. The van der Waals surface area contributed by atoms with Crippen LogP contribution in [0.3, 0.4) is 0 Å². The Bertz CT molecular complexity index is 528. The molecule has 5 nitrogen and oxygen atoms in total. The van der Waals surface area contributed by atoms with Crippen molar-refractivity contribution in [1.29, 1.82) is 0 Å². The van der Waals surface area contributed by atoms with E-state index < -0.39 is 11.5 Å². The fourth-order valence-corrected chi connectivity index (χ4v) is 2.42. The fraction of sp³-hybridized carbons (Fsp3) is 0.467. The van der Waals surface area contributed by atoms with Crippen LogP contribution in [0.5, 0.6) is 5.75 Å². The molecule has 0 spiro atoms. The van der Waals surface area contributed by atoms with Crippen LogP contribution in [0.2, 0.25) is 5.02 Å². The zero-order chi connectivity index (χ0) is 15.3. The maximum absolute atomic E-state index is 11.8. The van der Waals surface area contributed by atoms with Gasteiger partial charge in [0.2, 0.25) is 5.91 Å². The number of para-hydroxylation sites is 1. The van der Waals surface area contributed by atoms with Gasteiger partial charge < -0.3 is 15.2 Å². The molecule has 1 aromatic carbocycles. The summed E-state index contributed by atoms with van der Waals surface area (Å²) in [4.78, 5) is 22.9. The van der Waals surface area contributed by atoms with Gasteiger partial charge in [0.05, 0.1) is 11.6 Å². The molecule has 1 amide bonds. The van der Waals surface area contributed by atoms with Gasteiger partial charge in [0.25, 0.3) is 0 Å². The molecule has 0 aliphatic heterocycles. The number of carboxylic acids is 1. The zero-order valence-electron chi connectivity index (χ0n) is 11.6. The maximum atomic E-state index is 11.8. The van der Waals surface area contributed by atoms with Gasteiger partial charge >= 0.3 is 5.97 Å². The van der Waals surface area contributed by atoms with E-state index >= 15 is 0 Å². The number of nitrogens with one attached hydrogen (secondary N) is 1. The molecule has 1 aliphatic carbocycles. The summed E-state index contributed by atoms with van der Waals surface area (Å²) in [5.74, 6) is -0.616. The lowest BCUT2D eigenvalue weighted by Crippen LogP contribution is -2.59. The van der Waals surface area contributed by atoms with Crippen molar-refractivity contribution < 1.29 is 19.4 Å². The lowest BCUT2D eigenvalue weighted by Gasteiger charge is -2.38. The molecule has 1 fully saturated rings. The molecule has 0 aromatic heterocycles. The number of hydrogen-bond acceptors (Lipinski definition) is 3. The molecule has 6 heteroatoms. The number of amides is 1. The minimum atomic E-state index is -1.04. The summed E-state index contributed by atoms with van der Waals surface area (Å²) >= 11 is 5.94. The second kappa shape index (κ2) is 6.80. The van der Waals surface area contributed by atoms with Gasteiger partial charge in [-0.1, -0.05) is 23.7 Å². The third kappa shape index (κ3) is 3.88. The molecule has 1 aliphatic rings.